The Kier molecular flexibility index (Phi) is 10.3. The third kappa shape index (κ3) is 8.08. The number of amides is 2. The zero-order valence-electron chi connectivity index (χ0n) is 20.0. The molecule has 4 fully saturated rings. The van der Waals surface area contributed by atoms with Crippen molar-refractivity contribution in [3.63, 3.8) is 0 Å². The number of rotatable bonds is 16. The summed E-state index contributed by atoms with van der Waals surface area (Å²) >= 11 is 0. The molecule has 2 amide bonds. The molecule has 0 saturated heterocycles. The fraction of sp³-hybridized carbons (Fsp3) is 0.963. The Hall–Kier alpha value is -0.730. The molecule has 0 aromatic rings. The van der Waals surface area contributed by atoms with Crippen molar-refractivity contribution in [1.82, 2.24) is 10.6 Å². The number of carbonyl (C=O) groups excluding carboxylic acids is 1. The van der Waals surface area contributed by atoms with E-state index in [9.17, 15) is 4.79 Å². The van der Waals surface area contributed by atoms with Gasteiger partial charge in [-0.3, -0.25) is 0 Å². The number of unbranched alkanes of at least 4 members (excludes halogenated alkanes) is 13. The Balaban J connectivity index is 1.10. The summed E-state index contributed by atoms with van der Waals surface area (Å²) in [4.78, 5) is 12.4. The van der Waals surface area contributed by atoms with Crippen molar-refractivity contribution in [3.8, 4) is 0 Å². The second-order valence-corrected chi connectivity index (χ2v) is 11.2. The fourth-order valence-electron chi connectivity index (χ4n) is 7.07. The van der Waals surface area contributed by atoms with Crippen molar-refractivity contribution in [2.75, 3.05) is 6.54 Å². The normalized spacial score (nSPS) is 29.3. The van der Waals surface area contributed by atoms with Crippen LogP contribution >= 0.6 is 0 Å². The quantitative estimate of drug-likeness (QED) is 0.247. The van der Waals surface area contributed by atoms with E-state index in [2.05, 4.69) is 17.6 Å². The van der Waals surface area contributed by atoms with E-state index in [1.54, 1.807) is 0 Å². The molecular formula is C27H50N2O. The van der Waals surface area contributed by atoms with Crippen LogP contribution in [0.4, 0.5) is 4.79 Å². The smallest absolute Gasteiger partial charge is 0.315 e. The van der Waals surface area contributed by atoms with Crippen molar-refractivity contribution in [1.29, 1.82) is 0 Å². The highest BCUT2D eigenvalue weighted by atomic mass is 16.2. The van der Waals surface area contributed by atoms with E-state index in [0.717, 1.165) is 30.7 Å². The van der Waals surface area contributed by atoms with Crippen molar-refractivity contribution in [2.45, 2.75) is 141 Å². The molecule has 174 valence electrons. The van der Waals surface area contributed by atoms with Crippen molar-refractivity contribution in [3.05, 3.63) is 0 Å². The molecule has 30 heavy (non-hydrogen) atoms. The van der Waals surface area contributed by atoms with Gasteiger partial charge in [0.25, 0.3) is 0 Å². The number of carbonyl (C=O) groups is 1. The molecule has 2 N–H and O–H groups in total. The third-order valence-corrected chi connectivity index (χ3v) is 8.23. The highest BCUT2D eigenvalue weighted by Gasteiger charge is 2.51. The maximum absolute atomic E-state index is 12.4. The highest BCUT2D eigenvalue weighted by molar-refractivity contribution is 5.74. The van der Waals surface area contributed by atoms with Crippen LogP contribution in [0.15, 0.2) is 0 Å². The first-order chi connectivity index (χ1) is 14.7. The Morgan fingerprint density at radius 2 is 1.07 bits per heavy atom. The van der Waals surface area contributed by atoms with Crippen molar-refractivity contribution in [2.24, 2.45) is 17.8 Å². The second kappa shape index (κ2) is 13.0. The maximum atomic E-state index is 12.4. The minimum Gasteiger partial charge on any atom is -0.338 e. The van der Waals surface area contributed by atoms with E-state index in [0.29, 0.717) is 0 Å². The topological polar surface area (TPSA) is 41.1 Å². The van der Waals surface area contributed by atoms with Gasteiger partial charge in [-0.05, 0) is 62.7 Å². The van der Waals surface area contributed by atoms with Gasteiger partial charge in [-0.1, -0.05) is 90.4 Å². The van der Waals surface area contributed by atoms with E-state index in [4.69, 9.17) is 0 Å². The van der Waals surface area contributed by atoms with Gasteiger partial charge in [0.2, 0.25) is 0 Å². The summed E-state index contributed by atoms with van der Waals surface area (Å²) in [6, 6.07) is 0.103. The zero-order valence-corrected chi connectivity index (χ0v) is 20.0. The molecule has 0 radical (unpaired) electrons. The van der Waals surface area contributed by atoms with Crippen molar-refractivity contribution >= 4 is 6.03 Å². The van der Waals surface area contributed by atoms with Gasteiger partial charge in [-0.15, -0.1) is 0 Å². The standard InChI is InChI=1S/C27H50N2O/c1-2-3-4-5-6-7-8-9-10-11-12-13-14-15-16-28-26(30)29-27-20-23-17-24(21-27)19-25(18-23)22-27/h23-25H,2-22H2,1H3,(H2,28,29,30). The van der Waals surface area contributed by atoms with Crippen LogP contribution in [0.1, 0.15) is 135 Å². The summed E-state index contributed by atoms with van der Waals surface area (Å²) in [7, 11) is 0. The summed E-state index contributed by atoms with van der Waals surface area (Å²) in [5, 5.41) is 6.58. The molecule has 4 rings (SSSR count). The lowest BCUT2D eigenvalue weighted by atomic mass is 9.53. The van der Waals surface area contributed by atoms with Crippen LogP contribution in [-0.2, 0) is 0 Å². The Morgan fingerprint density at radius 3 is 1.50 bits per heavy atom. The Bertz CT molecular complexity index is 454. The molecule has 0 heterocycles. The largest absolute Gasteiger partial charge is 0.338 e. The van der Waals surface area contributed by atoms with Crippen LogP contribution < -0.4 is 10.6 Å². The van der Waals surface area contributed by atoms with E-state index in [-0.39, 0.29) is 11.6 Å². The lowest BCUT2D eigenvalue weighted by Gasteiger charge is -2.56. The minimum absolute atomic E-state index is 0.103. The lowest BCUT2D eigenvalue weighted by molar-refractivity contribution is -0.0135. The van der Waals surface area contributed by atoms with Gasteiger partial charge in [0.05, 0.1) is 0 Å². The molecule has 0 unspecified atom stereocenters. The minimum atomic E-state index is 0.103. The number of hydrogen-bond acceptors (Lipinski definition) is 1. The molecule has 3 nitrogen and oxygen atoms in total. The van der Waals surface area contributed by atoms with Crippen LogP contribution in [0.2, 0.25) is 0 Å². The molecule has 0 aromatic carbocycles. The molecule has 0 spiro atoms. The Labute approximate surface area is 186 Å². The molecule has 4 saturated carbocycles. The van der Waals surface area contributed by atoms with Crippen LogP contribution in [0.3, 0.4) is 0 Å². The summed E-state index contributed by atoms with van der Waals surface area (Å²) in [5.74, 6) is 2.67. The summed E-state index contributed by atoms with van der Waals surface area (Å²) < 4.78 is 0. The molecule has 3 heteroatoms. The molecule has 4 aliphatic carbocycles. The first-order valence-electron chi connectivity index (χ1n) is 13.7. The van der Waals surface area contributed by atoms with Gasteiger partial charge >= 0.3 is 6.03 Å². The summed E-state index contributed by atoms with van der Waals surface area (Å²) in [5.41, 5.74) is 0.147. The van der Waals surface area contributed by atoms with Gasteiger partial charge in [0.1, 0.15) is 0 Å². The summed E-state index contributed by atoms with van der Waals surface area (Å²) in [6.45, 7) is 3.13. The van der Waals surface area contributed by atoms with Crippen LogP contribution in [0, 0.1) is 17.8 Å². The first-order valence-corrected chi connectivity index (χ1v) is 13.7. The monoisotopic (exact) mass is 418 g/mol. The highest BCUT2D eigenvalue weighted by Crippen LogP contribution is 2.55. The van der Waals surface area contributed by atoms with Crippen LogP contribution in [0.5, 0.6) is 0 Å². The predicted octanol–water partition coefficient (Wildman–Crippen LogP) is 7.74. The van der Waals surface area contributed by atoms with Gasteiger partial charge in [0, 0.05) is 12.1 Å². The third-order valence-electron chi connectivity index (χ3n) is 8.23. The Morgan fingerprint density at radius 1 is 0.667 bits per heavy atom. The van der Waals surface area contributed by atoms with E-state index in [1.165, 1.54) is 122 Å². The van der Waals surface area contributed by atoms with Crippen LogP contribution in [-0.4, -0.2) is 18.1 Å². The number of hydrogen-bond donors (Lipinski definition) is 2. The average Bonchev–Trinajstić information content (AvgIpc) is 2.69. The zero-order chi connectivity index (χ0) is 21.1. The molecule has 4 bridgehead atoms. The first kappa shape index (κ1) is 23.9. The molecule has 4 aliphatic rings. The molecular weight excluding hydrogens is 368 g/mol. The average molecular weight is 419 g/mol. The van der Waals surface area contributed by atoms with Crippen LogP contribution in [0.25, 0.3) is 0 Å². The fourth-order valence-corrected chi connectivity index (χ4v) is 7.07. The van der Waals surface area contributed by atoms with Gasteiger partial charge in [-0.2, -0.15) is 0 Å². The number of nitrogens with one attached hydrogen (secondary N) is 2. The predicted molar refractivity (Wildman–Crippen MR) is 128 cm³/mol. The number of urea groups is 1. The van der Waals surface area contributed by atoms with Crippen molar-refractivity contribution < 1.29 is 4.79 Å². The molecule has 0 aliphatic heterocycles. The lowest BCUT2D eigenvalue weighted by Crippen LogP contribution is -2.61. The van der Waals surface area contributed by atoms with Gasteiger partial charge in [-0.25, -0.2) is 4.79 Å². The summed E-state index contributed by atoms with van der Waals surface area (Å²) in [6.07, 6.45) is 27.3. The van der Waals surface area contributed by atoms with Gasteiger partial charge < -0.3 is 10.6 Å². The molecule has 0 aromatic heterocycles. The second-order valence-electron chi connectivity index (χ2n) is 11.2. The van der Waals surface area contributed by atoms with E-state index >= 15 is 0 Å². The van der Waals surface area contributed by atoms with Gasteiger partial charge in [0.15, 0.2) is 0 Å². The molecule has 0 atom stereocenters. The SMILES string of the molecule is CCCCCCCCCCCCCCCCNC(=O)NC12CC3CC(CC(C3)C1)C2. The maximum Gasteiger partial charge on any atom is 0.315 e. The van der Waals surface area contributed by atoms with E-state index in [1.807, 2.05) is 0 Å². The van der Waals surface area contributed by atoms with E-state index < -0.39 is 0 Å².